The van der Waals surface area contributed by atoms with Crippen LogP contribution in [0.25, 0.3) is 0 Å². The van der Waals surface area contributed by atoms with Gasteiger partial charge in [0.05, 0.1) is 5.71 Å². The summed E-state index contributed by atoms with van der Waals surface area (Å²) in [6.07, 6.45) is 2.23. The smallest absolute Gasteiger partial charge is 0.260 e. The van der Waals surface area contributed by atoms with E-state index in [0.717, 1.165) is 22.6 Å². The van der Waals surface area contributed by atoms with Crippen LogP contribution < -0.4 is 5.43 Å². The number of rotatable bonds is 5. The van der Waals surface area contributed by atoms with Crippen molar-refractivity contribution in [2.75, 3.05) is 6.54 Å². The van der Waals surface area contributed by atoms with Gasteiger partial charge in [-0.05, 0) is 12.5 Å². The summed E-state index contributed by atoms with van der Waals surface area (Å²) in [6, 6.07) is 6.94. The Morgan fingerprint density at radius 1 is 1.00 bits per heavy atom. The molecule has 0 unspecified atom stereocenters. The molecule has 3 amide bonds. The first kappa shape index (κ1) is 19.2. The third kappa shape index (κ3) is 4.50. The first-order valence-electron chi connectivity index (χ1n) is 8.11. The topological polar surface area (TPSA) is 95.9 Å². The van der Waals surface area contributed by atoms with E-state index in [1.165, 1.54) is 0 Å². The lowest BCUT2D eigenvalue weighted by atomic mass is 9.86. The van der Waals surface area contributed by atoms with E-state index in [1.807, 2.05) is 20.8 Å². The number of nitrogens with one attached hydrogen (secondary N) is 1. The van der Waals surface area contributed by atoms with E-state index in [1.54, 1.807) is 31.2 Å². The maximum absolute atomic E-state index is 12.2. The lowest BCUT2D eigenvalue weighted by Crippen LogP contribution is -2.39. The van der Waals surface area contributed by atoms with E-state index in [2.05, 4.69) is 10.5 Å². The fourth-order valence-electron chi connectivity index (χ4n) is 2.27. The Hall–Kier alpha value is -3.09. The number of carbonyl (C=O) groups excluding carboxylic acids is 4. The number of amides is 3. The maximum Gasteiger partial charge on any atom is 0.260 e. The molecule has 1 aliphatic rings. The van der Waals surface area contributed by atoms with Gasteiger partial charge in [0.25, 0.3) is 17.7 Å². The van der Waals surface area contributed by atoms with E-state index in [4.69, 9.17) is 0 Å². The number of imide groups is 1. The number of nitrogens with zero attached hydrogens (tertiary/aromatic N) is 2. The van der Waals surface area contributed by atoms with Crippen molar-refractivity contribution in [2.45, 2.75) is 27.7 Å². The van der Waals surface area contributed by atoms with Crippen LogP contribution in [-0.4, -0.2) is 40.7 Å². The Balaban J connectivity index is 1.99. The van der Waals surface area contributed by atoms with Crippen molar-refractivity contribution in [3.05, 3.63) is 47.5 Å². The Morgan fingerprint density at radius 2 is 1.50 bits per heavy atom. The Labute approximate surface area is 151 Å². The van der Waals surface area contributed by atoms with Crippen LogP contribution in [0.15, 0.2) is 41.5 Å². The van der Waals surface area contributed by atoms with Gasteiger partial charge in [-0.2, -0.15) is 5.10 Å². The van der Waals surface area contributed by atoms with E-state index < -0.39 is 23.1 Å². The predicted octanol–water partition coefficient (Wildman–Crippen LogP) is 1.68. The molecule has 7 nitrogen and oxygen atoms in total. The summed E-state index contributed by atoms with van der Waals surface area (Å²) in [5, 5.41) is 3.97. The lowest BCUT2D eigenvalue weighted by molar-refractivity contribution is -0.141. The quantitative estimate of drug-likeness (QED) is 0.376. The second-order valence-corrected chi connectivity index (χ2v) is 6.98. The number of hydrazone groups is 1. The fourth-order valence-corrected chi connectivity index (χ4v) is 2.27. The maximum atomic E-state index is 12.2. The van der Waals surface area contributed by atoms with E-state index >= 15 is 0 Å². The van der Waals surface area contributed by atoms with Gasteiger partial charge in [-0.3, -0.25) is 24.1 Å². The normalized spacial score (nSPS) is 14.8. The lowest BCUT2D eigenvalue weighted by Gasteiger charge is -2.16. The molecule has 0 fully saturated rings. The fraction of sp³-hybridized carbons (Fsp3) is 0.316. The zero-order valence-corrected chi connectivity index (χ0v) is 15.2. The largest absolute Gasteiger partial charge is 0.294 e. The van der Waals surface area contributed by atoms with Crippen LogP contribution in [0.5, 0.6) is 0 Å². The summed E-state index contributed by atoms with van der Waals surface area (Å²) in [5.41, 5.74) is 3.74. The molecule has 0 bridgehead atoms. The first-order chi connectivity index (χ1) is 12.1. The molecule has 1 aromatic rings. The van der Waals surface area contributed by atoms with Crippen molar-refractivity contribution in [3.63, 3.8) is 0 Å². The number of ketones is 1. The molecule has 0 atom stereocenters. The highest BCUT2D eigenvalue weighted by Gasteiger charge is 2.25. The van der Waals surface area contributed by atoms with Crippen molar-refractivity contribution in [3.8, 4) is 0 Å². The van der Waals surface area contributed by atoms with Gasteiger partial charge in [0.1, 0.15) is 6.54 Å². The summed E-state index contributed by atoms with van der Waals surface area (Å²) in [6.45, 7) is 6.89. The van der Waals surface area contributed by atoms with Gasteiger partial charge in [-0.1, -0.05) is 45.0 Å². The molecule has 0 aromatic heterocycles. The number of hydrogen-bond acceptors (Lipinski definition) is 5. The van der Waals surface area contributed by atoms with Gasteiger partial charge in [0.2, 0.25) is 0 Å². The van der Waals surface area contributed by atoms with Gasteiger partial charge in [-0.15, -0.1) is 0 Å². The van der Waals surface area contributed by atoms with Gasteiger partial charge in [0, 0.05) is 23.1 Å². The first-order valence-corrected chi connectivity index (χ1v) is 8.11. The molecule has 1 heterocycles. The standard InChI is InChI=1S/C19H21N3O4/c1-12(13-5-7-14(8-6-13)18(26)19(2,3)4)20-21-15(23)11-22-16(24)9-10-17(22)25/h5-10H,11H2,1-4H3,(H,21,23)/b20-12+. The summed E-state index contributed by atoms with van der Waals surface area (Å²) in [7, 11) is 0. The molecular formula is C19H21N3O4. The molecule has 2 rings (SSSR count). The van der Waals surface area contributed by atoms with Crippen LogP contribution in [0, 0.1) is 5.41 Å². The molecule has 0 aliphatic carbocycles. The molecule has 26 heavy (non-hydrogen) atoms. The van der Waals surface area contributed by atoms with Crippen LogP contribution in [0.3, 0.4) is 0 Å². The third-order valence-corrected chi connectivity index (χ3v) is 3.80. The van der Waals surface area contributed by atoms with E-state index in [-0.39, 0.29) is 12.3 Å². The third-order valence-electron chi connectivity index (χ3n) is 3.80. The Bertz CT molecular complexity index is 796. The van der Waals surface area contributed by atoms with Crippen LogP contribution in [0.4, 0.5) is 0 Å². The van der Waals surface area contributed by atoms with Crippen LogP contribution in [0.1, 0.15) is 43.6 Å². The van der Waals surface area contributed by atoms with Gasteiger partial charge in [-0.25, -0.2) is 5.43 Å². The van der Waals surface area contributed by atoms with Crippen molar-refractivity contribution in [1.82, 2.24) is 10.3 Å². The minimum Gasteiger partial charge on any atom is -0.294 e. The highest BCUT2D eigenvalue weighted by atomic mass is 16.2. The summed E-state index contributed by atoms with van der Waals surface area (Å²) in [5.74, 6) is -1.58. The molecular weight excluding hydrogens is 334 g/mol. The average Bonchev–Trinajstić information content (AvgIpc) is 2.90. The molecule has 1 N–H and O–H groups in total. The zero-order valence-electron chi connectivity index (χ0n) is 15.2. The predicted molar refractivity (Wildman–Crippen MR) is 96.4 cm³/mol. The second-order valence-electron chi connectivity index (χ2n) is 6.98. The van der Waals surface area contributed by atoms with Gasteiger partial charge >= 0.3 is 0 Å². The molecule has 136 valence electrons. The number of Topliss-reactive ketones (excluding diaryl/α,β-unsaturated/α-hetero) is 1. The second kappa shape index (κ2) is 7.43. The minimum absolute atomic E-state index is 0.0421. The van der Waals surface area contributed by atoms with Crippen LogP contribution in [-0.2, 0) is 14.4 Å². The highest BCUT2D eigenvalue weighted by molar-refractivity contribution is 6.14. The molecule has 1 aliphatic heterocycles. The molecule has 0 saturated carbocycles. The number of carbonyl (C=O) groups is 4. The number of benzene rings is 1. The van der Waals surface area contributed by atoms with Crippen molar-refractivity contribution in [1.29, 1.82) is 0 Å². The Kier molecular flexibility index (Phi) is 5.50. The summed E-state index contributed by atoms with van der Waals surface area (Å²) in [4.78, 5) is 47.7. The van der Waals surface area contributed by atoms with Crippen molar-refractivity contribution in [2.24, 2.45) is 10.5 Å². The minimum atomic E-state index is -0.575. The molecule has 0 radical (unpaired) electrons. The average molecular weight is 355 g/mol. The summed E-state index contributed by atoms with van der Waals surface area (Å²) < 4.78 is 0. The van der Waals surface area contributed by atoms with Crippen molar-refractivity contribution >= 4 is 29.2 Å². The Morgan fingerprint density at radius 3 is 2.00 bits per heavy atom. The molecule has 7 heteroatoms. The summed E-state index contributed by atoms with van der Waals surface area (Å²) >= 11 is 0. The van der Waals surface area contributed by atoms with Gasteiger partial charge in [0.15, 0.2) is 5.78 Å². The van der Waals surface area contributed by atoms with Crippen LogP contribution in [0.2, 0.25) is 0 Å². The van der Waals surface area contributed by atoms with Gasteiger partial charge < -0.3 is 0 Å². The molecule has 0 spiro atoms. The monoisotopic (exact) mass is 355 g/mol. The number of hydrogen-bond donors (Lipinski definition) is 1. The van der Waals surface area contributed by atoms with E-state index in [0.29, 0.717) is 11.3 Å². The molecule has 0 saturated heterocycles. The highest BCUT2D eigenvalue weighted by Crippen LogP contribution is 2.21. The SMILES string of the molecule is C/C(=N\NC(=O)CN1C(=O)C=CC1=O)c1ccc(C(=O)C(C)(C)C)cc1. The van der Waals surface area contributed by atoms with Crippen molar-refractivity contribution < 1.29 is 19.2 Å². The van der Waals surface area contributed by atoms with Crippen LogP contribution >= 0.6 is 0 Å². The zero-order chi connectivity index (χ0) is 19.5. The molecule has 1 aromatic carbocycles. The van der Waals surface area contributed by atoms with E-state index in [9.17, 15) is 19.2 Å².